The second-order valence-corrected chi connectivity index (χ2v) is 6.11. The third kappa shape index (κ3) is 1.87. The van der Waals surface area contributed by atoms with Crippen LogP contribution < -0.4 is 0 Å². The predicted octanol–water partition coefficient (Wildman–Crippen LogP) is 3.96. The van der Waals surface area contributed by atoms with E-state index in [2.05, 4.69) is 0 Å². The number of carbonyl (C=O) groups is 1. The monoisotopic (exact) mass is 320 g/mol. The summed E-state index contributed by atoms with van der Waals surface area (Å²) in [5.74, 6) is -0.136. The Morgan fingerprint density at radius 3 is 2.45 bits per heavy atom. The van der Waals surface area contributed by atoms with Gasteiger partial charge in [0.05, 0.1) is 0 Å². The molecule has 2 atom stereocenters. The Morgan fingerprint density at radius 2 is 1.82 bits per heavy atom. The van der Waals surface area contributed by atoms with Gasteiger partial charge in [-0.15, -0.1) is 0 Å². The van der Waals surface area contributed by atoms with Crippen LogP contribution in [-0.4, -0.2) is 16.6 Å². The second-order valence-electron chi connectivity index (χ2n) is 5.38. The third-order valence-corrected chi connectivity index (χ3v) is 4.56. The van der Waals surface area contributed by atoms with Crippen molar-refractivity contribution in [3.63, 3.8) is 0 Å². The highest BCUT2D eigenvalue weighted by Crippen LogP contribution is 2.57. The van der Waals surface area contributed by atoms with Crippen LogP contribution in [-0.2, 0) is 5.60 Å². The molecule has 1 aliphatic rings. The van der Waals surface area contributed by atoms with Crippen LogP contribution in [0.2, 0.25) is 0 Å². The van der Waals surface area contributed by atoms with Crippen molar-refractivity contribution in [2.45, 2.75) is 24.6 Å². The van der Waals surface area contributed by atoms with E-state index in [0.29, 0.717) is 16.7 Å². The van der Waals surface area contributed by atoms with Gasteiger partial charge in [0.25, 0.3) is 5.66 Å². The van der Waals surface area contributed by atoms with Crippen LogP contribution >= 0.6 is 9.24 Å². The summed E-state index contributed by atoms with van der Waals surface area (Å²) in [7, 11) is 1.42. The van der Waals surface area contributed by atoms with E-state index in [1.807, 2.05) is 0 Å². The molecule has 0 saturated carbocycles. The predicted molar refractivity (Wildman–Crippen MR) is 84.2 cm³/mol. The highest BCUT2D eigenvalue weighted by Gasteiger charge is 2.57. The van der Waals surface area contributed by atoms with Gasteiger partial charge in [0.1, 0.15) is 0 Å². The van der Waals surface area contributed by atoms with Crippen LogP contribution in [0.5, 0.6) is 0 Å². The number of alkyl halides is 2. The van der Waals surface area contributed by atoms with Crippen LogP contribution in [0.4, 0.5) is 8.78 Å². The average molecular weight is 320 g/mol. The fourth-order valence-electron chi connectivity index (χ4n) is 3.09. The van der Waals surface area contributed by atoms with Gasteiger partial charge in [0.2, 0.25) is 0 Å². The molecule has 5 heteroatoms. The Morgan fingerprint density at radius 1 is 1.18 bits per heavy atom. The van der Waals surface area contributed by atoms with Crippen molar-refractivity contribution in [3.8, 4) is 11.1 Å². The number of rotatable bonds is 3. The van der Waals surface area contributed by atoms with Crippen molar-refractivity contribution >= 4 is 15.0 Å². The van der Waals surface area contributed by atoms with Crippen molar-refractivity contribution in [2.24, 2.45) is 0 Å². The number of carbonyl (C=O) groups excluding carboxylic acids is 1. The second kappa shape index (κ2) is 4.94. The van der Waals surface area contributed by atoms with Crippen LogP contribution in [0.25, 0.3) is 11.1 Å². The van der Waals surface area contributed by atoms with Gasteiger partial charge in [0, 0.05) is 23.1 Å². The van der Waals surface area contributed by atoms with Gasteiger partial charge in [-0.3, -0.25) is 4.79 Å². The molecule has 1 N–H and O–H groups in total. The fraction of sp³-hybridized carbons (Fsp3) is 0.235. The molecule has 2 unspecified atom stereocenters. The third-order valence-electron chi connectivity index (χ3n) is 4.14. The highest BCUT2D eigenvalue weighted by molar-refractivity contribution is 7.18. The normalized spacial score (nSPS) is 19.7. The number of halogens is 2. The molecule has 0 fully saturated rings. The molecular weight excluding hydrogens is 305 g/mol. The minimum atomic E-state index is -3.46. The zero-order chi connectivity index (χ0) is 16.1. The van der Waals surface area contributed by atoms with Crippen molar-refractivity contribution in [1.82, 2.24) is 0 Å². The Balaban J connectivity index is 2.42. The quantitative estimate of drug-likeness (QED) is 0.686. The van der Waals surface area contributed by atoms with Gasteiger partial charge in [-0.1, -0.05) is 58.6 Å². The molecule has 3 rings (SSSR count). The van der Waals surface area contributed by atoms with E-state index in [-0.39, 0.29) is 23.3 Å². The zero-order valence-corrected chi connectivity index (χ0v) is 13.1. The molecule has 0 heterocycles. The van der Waals surface area contributed by atoms with Crippen molar-refractivity contribution in [3.05, 3.63) is 59.2 Å². The van der Waals surface area contributed by atoms with Gasteiger partial charge in [0.15, 0.2) is 11.4 Å². The first-order valence-electron chi connectivity index (χ1n) is 6.98. The van der Waals surface area contributed by atoms with Gasteiger partial charge in [-0.25, -0.2) is 0 Å². The van der Waals surface area contributed by atoms with Crippen LogP contribution in [0.1, 0.15) is 34.8 Å². The lowest BCUT2D eigenvalue weighted by Gasteiger charge is -2.31. The van der Waals surface area contributed by atoms with Crippen LogP contribution in [0.3, 0.4) is 0 Å². The first-order chi connectivity index (χ1) is 10.3. The SMILES string of the molecule is CCC(=O)c1cccc2c1-c1ccccc1C2(O)C(F)(F)P. The van der Waals surface area contributed by atoms with Crippen LogP contribution in [0, 0.1) is 0 Å². The molecule has 2 aromatic rings. The first-order valence-corrected chi connectivity index (χ1v) is 7.55. The maximum Gasteiger partial charge on any atom is 0.295 e. The molecule has 22 heavy (non-hydrogen) atoms. The Kier molecular flexibility index (Phi) is 3.42. The van der Waals surface area contributed by atoms with E-state index in [4.69, 9.17) is 0 Å². The number of benzene rings is 2. The van der Waals surface area contributed by atoms with Crippen LogP contribution in [0.15, 0.2) is 42.5 Å². The molecule has 0 bridgehead atoms. The molecule has 2 aromatic carbocycles. The molecule has 114 valence electrons. The maximum atomic E-state index is 14.2. The van der Waals surface area contributed by atoms with E-state index in [1.54, 1.807) is 31.2 Å². The fourth-order valence-corrected chi connectivity index (χ4v) is 3.40. The van der Waals surface area contributed by atoms with Gasteiger partial charge in [-0.05, 0) is 11.1 Å². The summed E-state index contributed by atoms with van der Waals surface area (Å²) in [5, 5.41) is 10.8. The molecular formula is C17H15F2O2P. The van der Waals surface area contributed by atoms with Crippen molar-refractivity contribution in [2.75, 3.05) is 0 Å². The molecule has 2 nitrogen and oxygen atoms in total. The van der Waals surface area contributed by atoms with E-state index in [9.17, 15) is 18.7 Å². The number of aliphatic hydroxyl groups is 1. The molecule has 0 aliphatic heterocycles. The Labute approximate surface area is 129 Å². The van der Waals surface area contributed by atoms with Crippen molar-refractivity contribution in [1.29, 1.82) is 0 Å². The number of fused-ring (bicyclic) bond motifs is 3. The first kappa shape index (κ1) is 15.3. The molecule has 0 radical (unpaired) electrons. The van der Waals surface area contributed by atoms with Crippen molar-refractivity contribution < 1.29 is 18.7 Å². The summed E-state index contributed by atoms with van der Waals surface area (Å²) < 4.78 is 28.4. The zero-order valence-electron chi connectivity index (χ0n) is 11.9. The lowest BCUT2D eigenvalue weighted by atomic mass is 9.90. The molecule has 1 aliphatic carbocycles. The Hall–Kier alpha value is -1.64. The summed E-state index contributed by atoms with van der Waals surface area (Å²) in [5.41, 5.74) is -4.43. The molecule has 0 spiro atoms. The summed E-state index contributed by atoms with van der Waals surface area (Å²) in [6.45, 7) is 1.72. The Bertz CT molecular complexity index is 767. The standard InChI is InChI=1S/C17H15F2O2P/c1-2-14(20)11-7-5-9-13-15(11)10-6-3-4-8-12(10)16(13,21)17(18,19)22/h3-9,21H,2,22H2,1H3. The van der Waals surface area contributed by atoms with Gasteiger partial charge < -0.3 is 5.11 Å². The summed E-state index contributed by atoms with van der Waals surface area (Å²) >= 11 is 0. The lowest BCUT2D eigenvalue weighted by Crippen LogP contribution is -2.40. The number of ketones is 1. The molecule has 0 amide bonds. The number of hydrogen-bond acceptors (Lipinski definition) is 2. The minimum Gasteiger partial charge on any atom is -0.374 e. The smallest absolute Gasteiger partial charge is 0.295 e. The van der Waals surface area contributed by atoms with E-state index >= 15 is 0 Å². The lowest BCUT2D eigenvalue weighted by molar-refractivity contribution is -0.0964. The van der Waals surface area contributed by atoms with Gasteiger partial charge >= 0.3 is 0 Å². The number of hydrogen-bond donors (Lipinski definition) is 1. The summed E-state index contributed by atoms with van der Waals surface area (Å²) in [4.78, 5) is 12.2. The highest BCUT2D eigenvalue weighted by atomic mass is 31.0. The summed E-state index contributed by atoms with van der Waals surface area (Å²) in [6.07, 6.45) is 0.272. The maximum absolute atomic E-state index is 14.2. The van der Waals surface area contributed by atoms with E-state index in [1.165, 1.54) is 27.4 Å². The topological polar surface area (TPSA) is 37.3 Å². The number of Topliss-reactive ketones (excluding diaryl/α,β-unsaturated/α-hetero) is 1. The average Bonchev–Trinajstić information content (AvgIpc) is 2.78. The largest absolute Gasteiger partial charge is 0.374 e. The summed E-state index contributed by atoms with van der Waals surface area (Å²) in [6, 6.07) is 11.1. The molecule has 0 aromatic heterocycles. The van der Waals surface area contributed by atoms with Gasteiger partial charge in [-0.2, -0.15) is 8.78 Å². The molecule has 0 saturated heterocycles. The minimum absolute atomic E-state index is 0.0769. The van der Waals surface area contributed by atoms with E-state index < -0.39 is 11.3 Å². The van der Waals surface area contributed by atoms with E-state index in [0.717, 1.165) is 0 Å².